The molecule has 3 rings (SSSR count). The molecule has 1 saturated carbocycles. The summed E-state index contributed by atoms with van der Waals surface area (Å²) in [5.74, 6) is 1.46. The summed E-state index contributed by atoms with van der Waals surface area (Å²) < 4.78 is 5.72. The molecule has 0 saturated heterocycles. The van der Waals surface area contributed by atoms with Crippen LogP contribution in [0.25, 0.3) is 11.3 Å². The summed E-state index contributed by atoms with van der Waals surface area (Å²) in [4.78, 5) is 2.34. The highest BCUT2D eigenvalue weighted by molar-refractivity contribution is 6.39. The minimum Gasteiger partial charge on any atom is -0.360 e. The van der Waals surface area contributed by atoms with E-state index < -0.39 is 0 Å². The van der Waals surface area contributed by atoms with Gasteiger partial charge in [-0.25, -0.2) is 0 Å². The van der Waals surface area contributed by atoms with Gasteiger partial charge in [-0.2, -0.15) is 0 Å². The number of nitrogens with two attached hydrogens (primary N) is 1. The zero-order valence-electron chi connectivity index (χ0n) is 13.9. The van der Waals surface area contributed by atoms with E-state index in [0.29, 0.717) is 22.5 Å². The van der Waals surface area contributed by atoms with Crippen LogP contribution in [0.4, 0.5) is 0 Å². The van der Waals surface area contributed by atoms with Crippen molar-refractivity contribution in [1.82, 2.24) is 10.1 Å². The summed E-state index contributed by atoms with van der Waals surface area (Å²) in [7, 11) is 0. The van der Waals surface area contributed by atoms with Crippen molar-refractivity contribution in [2.24, 2.45) is 5.73 Å². The molecule has 4 nitrogen and oxygen atoms in total. The van der Waals surface area contributed by atoms with E-state index >= 15 is 0 Å². The van der Waals surface area contributed by atoms with E-state index in [1.165, 1.54) is 0 Å². The van der Waals surface area contributed by atoms with Crippen molar-refractivity contribution < 1.29 is 4.52 Å². The normalized spacial score (nSPS) is 14.5. The summed E-state index contributed by atoms with van der Waals surface area (Å²) >= 11 is 12.8. The van der Waals surface area contributed by atoms with Gasteiger partial charge in [-0.3, -0.25) is 4.90 Å². The monoisotopic (exact) mass is 367 g/mol. The van der Waals surface area contributed by atoms with E-state index in [1.807, 2.05) is 18.2 Å². The highest BCUT2D eigenvalue weighted by Crippen LogP contribution is 2.46. The lowest BCUT2D eigenvalue weighted by Gasteiger charge is -2.21. The van der Waals surface area contributed by atoms with E-state index in [4.69, 9.17) is 33.5 Å². The van der Waals surface area contributed by atoms with Crippen LogP contribution in [-0.2, 0) is 6.54 Å². The van der Waals surface area contributed by atoms with Crippen LogP contribution < -0.4 is 5.73 Å². The Kier molecular flexibility index (Phi) is 5.82. The van der Waals surface area contributed by atoms with E-state index in [9.17, 15) is 0 Å². The third kappa shape index (κ3) is 3.77. The molecule has 24 heavy (non-hydrogen) atoms. The van der Waals surface area contributed by atoms with Gasteiger partial charge in [-0.05, 0) is 37.9 Å². The number of hydrogen-bond donors (Lipinski definition) is 1. The van der Waals surface area contributed by atoms with Crippen LogP contribution in [0.2, 0.25) is 10.0 Å². The molecule has 0 spiro atoms. The molecule has 0 amide bonds. The second-order valence-electron chi connectivity index (χ2n) is 6.31. The Morgan fingerprint density at radius 2 is 1.96 bits per heavy atom. The van der Waals surface area contributed by atoms with Gasteiger partial charge in [-0.1, -0.05) is 41.3 Å². The van der Waals surface area contributed by atoms with Crippen LogP contribution in [-0.4, -0.2) is 29.7 Å². The molecule has 1 aromatic heterocycles. The molecule has 1 aromatic carbocycles. The Hall–Kier alpha value is -1.07. The largest absolute Gasteiger partial charge is 0.360 e. The SMILES string of the molecule is CCCN(CCN)Cc1c(-c2c(Cl)cccc2Cl)noc1C1CC1. The van der Waals surface area contributed by atoms with Crippen molar-refractivity contribution in [2.75, 3.05) is 19.6 Å². The molecule has 6 heteroatoms. The van der Waals surface area contributed by atoms with Crippen LogP contribution in [0.5, 0.6) is 0 Å². The number of halogens is 2. The lowest BCUT2D eigenvalue weighted by atomic mass is 10.0. The van der Waals surface area contributed by atoms with Crippen molar-refractivity contribution in [3.8, 4) is 11.3 Å². The minimum absolute atomic E-state index is 0.476. The first kappa shape index (κ1) is 17.7. The first-order valence-electron chi connectivity index (χ1n) is 8.51. The lowest BCUT2D eigenvalue weighted by Crippen LogP contribution is -2.30. The molecule has 0 radical (unpaired) electrons. The van der Waals surface area contributed by atoms with Crippen LogP contribution in [0, 0.1) is 0 Å². The number of nitrogens with zero attached hydrogens (tertiary/aromatic N) is 2. The molecule has 1 heterocycles. The molecule has 0 atom stereocenters. The fourth-order valence-electron chi connectivity index (χ4n) is 3.05. The lowest BCUT2D eigenvalue weighted by molar-refractivity contribution is 0.270. The summed E-state index contributed by atoms with van der Waals surface area (Å²) in [6, 6.07) is 5.51. The predicted molar refractivity (Wildman–Crippen MR) is 98.6 cm³/mol. The van der Waals surface area contributed by atoms with Gasteiger partial charge < -0.3 is 10.3 Å². The van der Waals surface area contributed by atoms with Gasteiger partial charge in [-0.15, -0.1) is 0 Å². The number of benzene rings is 1. The van der Waals surface area contributed by atoms with E-state index in [0.717, 1.165) is 61.5 Å². The average molecular weight is 368 g/mol. The third-order valence-corrected chi connectivity index (χ3v) is 4.96. The van der Waals surface area contributed by atoms with Crippen molar-refractivity contribution >= 4 is 23.2 Å². The summed E-state index contributed by atoms with van der Waals surface area (Å²) in [5.41, 5.74) is 8.41. The fraction of sp³-hybridized carbons (Fsp3) is 0.500. The zero-order chi connectivity index (χ0) is 17.1. The number of rotatable bonds is 8. The van der Waals surface area contributed by atoms with Crippen molar-refractivity contribution in [3.63, 3.8) is 0 Å². The van der Waals surface area contributed by atoms with Crippen molar-refractivity contribution in [3.05, 3.63) is 39.6 Å². The fourth-order valence-corrected chi connectivity index (χ4v) is 3.63. The minimum atomic E-state index is 0.476. The maximum atomic E-state index is 6.40. The first-order chi connectivity index (χ1) is 11.7. The van der Waals surface area contributed by atoms with Gasteiger partial charge in [0.15, 0.2) is 0 Å². The number of aromatic nitrogens is 1. The van der Waals surface area contributed by atoms with Crippen LogP contribution in [0.3, 0.4) is 0 Å². The van der Waals surface area contributed by atoms with Gasteiger partial charge in [0.25, 0.3) is 0 Å². The molecule has 0 aliphatic heterocycles. The van der Waals surface area contributed by atoms with E-state index in [2.05, 4.69) is 17.0 Å². The Labute approximate surface area is 152 Å². The van der Waals surface area contributed by atoms with Crippen molar-refractivity contribution in [1.29, 1.82) is 0 Å². The van der Waals surface area contributed by atoms with Crippen LogP contribution in [0.15, 0.2) is 22.7 Å². The van der Waals surface area contributed by atoms with Crippen molar-refractivity contribution in [2.45, 2.75) is 38.6 Å². The molecular formula is C18H23Cl2N3O. The summed E-state index contributed by atoms with van der Waals surface area (Å²) in [6.45, 7) is 5.40. The van der Waals surface area contributed by atoms with E-state index in [1.54, 1.807) is 0 Å². The second kappa shape index (κ2) is 7.87. The average Bonchev–Trinajstić information content (AvgIpc) is 3.31. The van der Waals surface area contributed by atoms with Gasteiger partial charge in [0.05, 0.1) is 10.0 Å². The van der Waals surface area contributed by atoms with E-state index in [-0.39, 0.29) is 0 Å². The molecule has 1 aliphatic carbocycles. The maximum absolute atomic E-state index is 6.40. The van der Waals surface area contributed by atoms with Gasteiger partial charge in [0.2, 0.25) is 0 Å². The molecule has 2 aromatic rings. The second-order valence-corrected chi connectivity index (χ2v) is 7.12. The van der Waals surface area contributed by atoms with Crippen LogP contribution in [0.1, 0.15) is 43.4 Å². The smallest absolute Gasteiger partial charge is 0.144 e. The predicted octanol–water partition coefficient (Wildman–Crippen LogP) is 4.70. The Morgan fingerprint density at radius 1 is 1.25 bits per heavy atom. The molecule has 130 valence electrons. The first-order valence-corrected chi connectivity index (χ1v) is 9.26. The molecule has 1 aliphatic rings. The Bertz CT molecular complexity index is 671. The zero-order valence-corrected chi connectivity index (χ0v) is 15.4. The maximum Gasteiger partial charge on any atom is 0.144 e. The molecule has 2 N–H and O–H groups in total. The summed E-state index contributed by atoms with van der Waals surface area (Å²) in [6.07, 6.45) is 3.39. The topological polar surface area (TPSA) is 55.3 Å². The quantitative estimate of drug-likeness (QED) is 0.734. The van der Waals surface area contributed by atoms with Crippen LogP contribution >= 0.6 is 23.2 Å². The highest BCUT2D eigenvalue weighted by Gasteiger charge is 2.33. The molecule has 0 bridgehead atoms. The standard InChI is InChI=1S/C18H23Cl2N3O/c1-2-9-23(10-8-21)11-13-17(22-24-18(13)12-6-7-12)16-14(19)4-3-5-15(16)20/h3-5,12H,2,6-11,21H2,1H3. The highest BCUT2D eigenvalue weighted by atomic mass is 35.5. The third-order valence-electron chi connectivity index (χ3n) is 4.33. The van der Waals surface area contributed by atoms with Gasteiger partial charge >= 0.3 is 0 Å². The summed E-state index contributed by atoms with van der Waals surface area (Å²) in [5, 5.41) is 5.54. The number of hydrogen-bond acceptors (Lipinski definition) is 4. The molecule has 0 unspecified atom stereocenters. The van der Waals surface area contributed by atoms with Gasteiger partial charge in [0, 0.05) is 36.7 Å². The molecular weight excluding hydrogens is 345 g/mol. The Morgan fingerprint density at radius 3 is 2.54 bits per heavy atom. The molecule has 1 fully saturated rings. The Balaban J connectivity index is 2.01. The van der Waals surface area contributed by atoms with Gasteiger partial charge in [0.1, 0.15) is 11.5 Å².